The molecule has 1 aliphatic rings. The number of benzene rings is 1. The van der Waals surface area contributed by atoms with Crippen molar-refractivity contribution in [2.24, 2.45) is 0 Å². The Balaban J connectivity index is 1.84. The van der Waals surface area contributed by atoms with E-state index < -0.39 is 0 Å². The normalized spacial score (nSPS) is 17.4. The van der Waals surface area contributed by atoms with Gasteiger partial charge < -0.3 is 9.84 Å². The minimum Gasteiger partial charge on any atom is -0.492 e. The lowest BCUT2D eigenvalue weighted by molar-refractivity contribution is 0.0241. The maximum absolute atomic E-state index is 10.7. The average Bonchev–Trinajstić information content (AvgIpc) is 3.07. The molecule has 0 bridgehead atoms. The number of aryl methyl sites for hydroxylation is 2. The molecule has 3 aromatic rings. The van der Waals surface area contributed by atoms with Crippen LogP contribution in [-0.4, -0.2) is 50.9 Å². The third kappa shape index (κ3) is 2.68. The van der Waals surface area contributed by atoms with E-state index in [1.165, 1.54) is 22.5 Å². The van der Waals surface area contributed by atoms with Gasteiger partial charge in [0.2, 0.25) is 10.8 Å². The summed E-state index contributed by atoms with van der Waals surface area (Å²) in [5.74, 6) is 0.857. The smallest absolute Gasteiger partial charge is 0.230 e. The van der Waals surface area contributed by atoms with E-state index in [9.17, 15) is 5.11 Å². The maximum Gasteiger partial charge on any atom is 0.230 e. The van der Waals surface area contributed by atoms with Crippen LogP contribution in [0.5, 0.6) is 5.88 Å². The first-order valence-electron chi connectivity index (χ1n) is 8.07. The van der Waals surface area contributed by atoms with Crippen LogP contribution in [0.15, 0.2) is 24.3 Å². The fourth-order valence-electron chi connectivity index (χ4n) is 3.23. The highest BCUT2D eigenvalue weighted by atomic mass is 32.1. The van der Waals surface area contributed by atoms with Crippen LogP contribution in [-0.2, 0) is 4.74 Å². The van der Waals surface area contributed by atoms with Crippen LogP contribution in [0.1, 0.15) is 27.9 Å². The summed E-state index contributed by atoms with van der Waals surface area (Å²) in [6.45, 7) is 7.02. The molecule has 4 rings (SSSR count). The maximum atomic E-state index is 10.7. The summed E-state index contributed by atoms with van der Waals surface area (Å²) in [5.41, 5.74) is 2.38. The standard InChI is InChI=1S/C17H20N4O2S/c1-11-4-3-5-13(10-11)14(20-6-8-23-9-7-20)15-16(22)21-17(24-15)18-12(2)19-21/h3-5,10,14,22H,6-9H2,1-2H3. The van der Waals surface area contributed by atoms with Gasteiger partial charge in [-0.05, 0) is 19.4 Å². The van der Waals surface area contributed by atoms with Crippen LogP contribution in [0.3, 0.4) is 0 Å². The Labute approximate surface area is 144 Å². The minimum atomic E-state index is -0.0115. The molecule has 0 radical (unpaired) electrons. The average molecular weight is 344 g/mol. The molecule has 1 N–H and O–H groups in total. The van der Waals surface area contributed by atoms with Gasteiger partial charge >= 0.3 is 0 Å². The van der Waals surface area contributed by atoms with Gasteiger partial charge in [-0.1, -0.05) is 41.2 Å². The second kappa shape index (κ2) is 6.16. The lowest BCUT2D eigenvalue weighted by Gasteiger charge is -2.34. The number of ether oxygens (including phenoxy) is 1. The molecule has 0 aliphatic carbocycles. The van der Waals surface area contributed by atoms with Crippen molar-refractivity contribution in [3.63, 3.8) is 0 Å². The predicted octanol–water partition coefficient (Wildman–Crippen LogP) is 2.53. The summed E-state index contributed by atoms with van der Waals surface area (Å²) < 4.78 is 7.04. The Kier molecular flexibility index (Phi) is 3.99. The molecular formula is C17H20N4O2S. The fourth-order valence-corrected chi connectivity index (χ4v) is 4.39. The number of fused-ring (bicyclic) bond motifs is 1. The Morgan fingerprint density at radius 2 is 2.04 bits per heavy atom. The summed E-state index contributed by atoms with van der Waals surface area (Å²) in [6, 6.07) is 8.44. The van der Waals surface area contributed by atoms with Gasteiger partial charge in [-0.3, -0.25) is 4.90 Å². The zero-order valence-corrected chi connectivity index (χ0v) is 14.6. The van der Waals surface area contributed by atoms with Gasteiger partial charge in [0.15, 0.2) is 0 Å². The fraction of sp³-hybridized carbons (Fsp3) is 0.412. The lowest BCUT2D eigenvalue weighted by Crippen LogP contribution is -2.39. The van der Waals surface area contributed by atoms with Crippen LogP contribution in [0.2, 0.25) is 0 Å². The molecule has 6 nitrogen and oxygen atoms in total. The molecule has 2 aromatic heterocycles. The Bertz CT molecular complexity index is 867. The second-order valence-electron chi connectivity index (χ2n) is 6.11. The monoisotopic (exact) mass is 344 g/mol. The molecule has 1 saturated heterocycles. The number of thiazole rings is 1. The summed E-state index contributed by atoms with van der Waals surface area (Å²) in [6.07, 6.45) is 0. The van der Waals surface area contributed by atoms with Crippen molar-refractivity contribution in [2.75, 3.05) is 26.3 Å². The van der Waals surface area contributed by atoms with E-state index in [0.717, 1.165) is 22.9 Å². The molecule has 3 heterocycles. The lowest BCUT2D eigenvalue weighted by atomic mass is 10.0. The van der Waals surface area contributed by atoms with Gasteiger partial charge in [0.05, 0.1) is 24.1 Å². The number of hydrogen-bond donors (Lipinski definition) is 1. The molecule has 1 unspecified atom stereocenters. The van der Waals surface area contributed by atoms with Crippen molar-refractivity contribution < 1.29 is 9.84 Å². The molecule has 7 heteroatoms. The van der Waals surface area contributed by atoms with Crippen LogP contribution in [0, 0.1) is 13.8 Å². The highest BCUT2D eigenvalue weighted by molar-refractivity contribution is 7.17. The third-order valence-electron chi connectivity index (χ3n) is 4.32. The number of rotatable bonds is 3. The molecule has 1 fully saturated rings. The first kappa shape index (κ1) is 15.6. The Morgan fingerprint density at radius 1 is 1.25 bits per heavy atom. The van der Waals surface area contributed by atoms with E-state index in [1.807, 2.05) is 6.92 Å². The molecule has 1 aromatic carbocycles. The summed E-state index contributed by atoms with van der Waals surface area (Å²) in [5, 5.41) is 15.0. The van der Waals surface area contributed by atoms with Crippen molar-refractivity contribution in [1.82, 2.24) is 19.5 Å². The highest BCUT2D eigenvalue weighted by Gasteiger charge is 2.30. The van der Waals surface area contributed by atoms with Gasteiger partial charge in [0.25, 0.3) is 0 Å². The number of morpholine rings is 1. The SMILES string of the molecule is Cc1cccc(C(c2sc3nc(C)nn3c2O)N2CCOCC2)c1. The van der Waals surface area contributed by atoms with E-state index in [1.54, 1.807) is 4.52 Å². The molecule has 24 heavy (non-hydrogen) atoms. The van der Waals surface area contributed by atoms with Crippen LogP contribution >= 0.6 is 11.3 Å². The number of aromatic hydroxyl groups is 1. The summed E-state index contributed by atoms with van der Waals surface area (Å²) in [7, 11) is 0. The van der Waals surface area contributed by atoms with Gasteiger partial charge in [-0.2, -0.15) is 4.52 Å². The van der Waals surface area contributed by atoms with E-state index in [0.29, 0.717) is 19.0 Å². The van der Waals surface area contributed by atoms with E-state index >= 15 is 0 Å². The van der Waals surface area contributed by atoms with Crippen LogP contribution in [0.4, 0.5) is 0 Å². The number of aromatic nitrogens is 3. The summed E-state index contributed by atoms with van der Waals surface area (Å²) in [4.78, 5) is 8.37. The predicted molar refractivity (Wildman–Crippen MR) is 92.7 cm³/mol. The zero-order chi connectivity index (χ0) is 16.7. The van der Waals surface area contributed by atoms with E-state index in [4.69, 9.17) is 4.74 Å². The quantitative estimate of drug-likeness (QED) is 0.791. The van der Waals surface area contributed by atoms with E-state index in [2.05, 4.69) is 46.2 Å². The zero-order valence-electron chi connectivity index (χ0n) is 13.8. The highest BCUT2D eigenvalue weighted by Crippen LogP contribution is 2.40. The van der Waals surface area contributed by atoms with Gasteiger partial charge in [0.1, 0.15) is 5.82 Å². The van der Waals surface area contributed by atoms with Crippen LogP contribution in [0.25, 0.3) is 4.96 Å². The van der Waals surface area contributed by atoms with Gasteiger partial charge in [-0.25, -0.2) is 4.98 Å². The summed E-state index contributed by atoms with van der Waals surface area (Å²) >= 11 is 1.50. The first-order valence-corrected chi connectivity index (χ1v) is 8.88. The minimum absolute atomic E-state index is 0.0115. The topological polar surface area (TPSA) is 62.9 Å². The molecule has 1 atom stereocenters. The van der Waals surface area contributed by atoms with Gasteiger partial charge in [0, 0.05) is 13.1 Å². The van der Waals surface area contributed by atoms with Crippen LogP contribution < -0.4 is 0 Å². The van der Waals surface area contributed by atoms with Crippen molar-refractivity contribution in [2.45, 2.75) is 19.9 Å². The molecule has 0 spiro atoms. The second-order valence-corrected chi connectivity index (χ2v) is 7.12. The molecule has 0 amide bonds. The van der Waals surface area contributed by atoms with Crippen molar-refractivity contribution >= 4 is 16.3 Å². The van der Waals surface area contributed by atoms with Crippen molar-refractivity contribution in [1.29, 1.82) is 0 Å². The van der Waals surface area contributed by atoms with Gasteiger partial charge in [-0.15, -0.1) is 5.10 Å². The van der Waals surface area contributed by atoms with Crippen molar-refractivity contribution in [3.05, 3.63) is 46.1 Å². The first-order chi connectivity index (χ1) is 11.6. The third-order valence-corrected chi connectivity index (χ3v) is 5.40. The molecule has 126 valence electrons. The number of hydrogen-bond acceptors (Lipinski definition) is 6. The van der Waals surface area contributed by atoms with Crippen molar-refractivity contribution in [3.8, 4) is 5.88 Å². The van der Waals surface area contributed by atoms with E-state index in [-0.39, 0.29) is 11.9 Å². The molecular weight excluding hydrogens is 324 g/mol. The molecule has 1 aliphatic heterocycles. The Hall–Kier alpha value is -1.96. The Morgan fingerprint density at radius 3 is 2.75 bits per heavy atom. The largest absolute Gasteiger partial charge is 0.492 e. The number of nitrogens with zero attached hydrogens (tertiary/aromatic N) is 4. The molecule has 0 saturated carbocycles.